The molecule has 1 atom stereocenters. The van der Waals surface area contributed by atoms with Crippen molar-refractivity contribution < 1.29 is 9.84 Å². The molecule has 1 aromatic heterocycles. The molecule has 0 aliphatic rings. The molecule has 2 rings (SSSR count). The fraction of sp³-hybridized carbons (Fsp3) is 0.400. The molecule has 0 saturated heterocycles. The molecule has 0 spiro atoms. The molecule has 1 heterocycles. The van der Waals surface area contributed by atoms with Crippen molar-refractivity contribution >= 4 is 0 Å². The van der Waals surface area contributed by atoms with E-state index in [1.165, 1.54) is 0 Å². The lowest BCUT2D eigenvalue weighted by molar-refractivity contribution is 0.209. The van der Waals surface area contributed by atoms with Crippen LogP contribution in [0, 0.1) is 0 Å². The van der Waals surface area contributed by atoms with Gasteiger partial charge in [0.25, 0.3) is 0 Å². The fourth-order valence-electron chi connectivity index (χ4n) is 2.07. The van der Waals surface area contributed by atoms with Crippen LogP contribution in [0.15, 0.2) is 36.8 Å². The molecule has 1 N–H and O–H groups in total. The van der Waals surface area contributed by atoms with Crippen LogP contribution in [0.25, 0.3) is 0 Å². The number of hydrogen-bond donors (Lipinski definition) is 1. The van der Waals surface area contributed by atoms with Gasteiger partial charge in [0, 0.05) is 6.54 Å². The monoisotopic (exact) mass is 260 g/mol. The largest absolute Gasteiger partial charge is 0.494 e. The zero-order valence-corrected chi connectivity index (χ0v) is 11.4. The molecule has 4 heteroatoms. The number of aromatic nitrogens is 2. The first-order valence-corrected chi connectivity index (χ1v) is 6.67. The third kappa shape index (κ3) is 3.15. The number of aliphatic hydroxyl groups is 1. The summed E-state index contributed by atoms with van der Waals surface area (Å²) in [7, 11) is 0. The molecule has 0 saturated carbocycles. The summed E-state index contributed by atoms with van der Waals surface area (Å²) >= 11 is 0. The SMILES string of the molecule is CCCn1cncc1C(O)c1ccc(OCC)cc1. The second-order valence-electron chi connectivity index (χ2n) is 4.42. The van der Waals surface area contributed by atoms with Gasteiger partial charge in [-0.2, -0.15) is 0 Å². The predicted octanol–water partition coefficient (Wildman–Crippen LogP) is 2.77. The minimum Gasteiger partial charge on any atom is -0.494 e. The van der Waals surface area contributed by atoms with Crippen LogP contribution in [-0.2, 0) is 6.54 Å². The predicted molar refractivity (Wildman–Crippen MR) is 74.2 cm³/mol. The summed E-state index contributed by atoms with van der Waals surface area (Å²) in [6.07, 6.45) is 3.84. The van der Waals surface area contributed by atoms with E-state index in [4.69, 9.17) is 4.74 Å². The Morgan fingerprint density at radius 1 is 1.26 bits per heavy atom. The van der Waals surface area contributed by atoms with Crippen molar-refractivity contribution in [1.82, 2.24) is 9.55 Å². The van der Waals surface area contributed by atoms with Crippen molar-refractivity contribution in [2.75, 3.05) is 6.61 Å². The van der Waals surface area contributed by atoms with Crippen molar-refractivity contribution in [3.8, 4) is 5.75 Å². The maximum absolute atomic E-state index is 10.4. The number of nitrogens with zero attached hydrogens (tertiary/aromatic N) is 2. The molecular formula is C15H20N2O2. The van der Waals surface area contributed by atoms with E-state index < -0.39 is 6.10 Å². The lowest BCUT2D eigenvalue weighted by atomic mass is 10.1. The zero-order valence-electron chi connectivity index (χ0n) is 11.4. The number of rotatable bonds is 6. The summed E-state index contributed by atoms with van der Waals surface area (Å²) in [4.78, 5) is 4.11. The second-order valence-corrected chi connectivity index (χ2v) is 4.42. The lowest BCUT2D eigenvalue weighted by Gasteiger charge is -2.14. The normalized spacial score (nSPS) is 12.4. The van der Waals surface area contributed by atoms with Gasteiger partial charge >= 0.3 is 0 Å². The maximum Gasteiger partial charge on any atom is 0.121 e. The van der Waals surface area contributed by atoms with Crippen LogP contribution in [0.5, 0.6) is 5.75 Å². The highest BCUT2D eigenvalue weighted by atomic mass is 16.5. The first kappa shape index (κ1) is 13.6. The maximum atomic E-state index is 10.4. The van der Waals surface area contributed by atoms with E-state index in [1.54, 1.807) is 12.5 Å². The molecule has 102 valence electrons. The minimum atomic E-state index is -0.648. The second kappa shape index (κ2) is 6.38. The molecule has 2 aromatic rings. The average Bonchev–Trinajstić information content (AvgIpc) is 2.88. The standard InChI is InChI=1S/C15H20N2O2/c1-3-9-17-11-16-10-14(17)15(18)12-5-7-13(8-6-12)19-4-2/h5-8,10-11,15,18H,3-4,9H2,1-2H3. The topological polar surface area (TPSA) is 47.3 Å². The summed E-state index contributed by atoms with van der Waals surface area (Å²) in [5.74, 6) is 0.820. The van der Waals surface area contributed by atoms with Gasteiger partial charge in [-0.15, -0.1) is 0 Å². The summed E-state index contributed by atoms with van der Waals surface area (Å²) in [5.41, 5.74) is 1.67. The molecule has 0 aliphatic heterocycles. The van der Waals surface area contributed by atoms with E-state index in [9.17, 15) is 5.11 Å². The van der Waals surface area contributed by atoms with E-state index in [0.717, 1.165) is 30.0 Å². The Morgan fingerprint density at radius 3 is 2.63 bits per heavy atom. The Morgan fingerprint density at radius 2 is 2.00 bits per heavy atom. The smallest absolute Gasteiger partial charge is 0.121 e. The van der Waals surface area contributed by atoms with Gasteiger partial charge in [-0.3, -0.25) is 0 Å². The van der Waals surface area contributed by atoms with Crippen LogP contribution in [0.2, 0.25) is 0 Å². The van der Waals surface area contributed by atoms with Gasteiger partial charge in [-0.25, -0.2) is 4.98 Å². The molecular weight excluding hydrogens is 240 g/mol. The third-order valence-electron chi connectivity index (χ3n) is 3.00. The highest BCUT2D eigenvalue weighted by molar-refractivity contribution is 5.31. The van der Waals surface area contributed by atoms with E-state index in [1.807, 2.05) is 35.8 Å². The van der Waals surface area contributed by atoms with Crippen molar-refractivity contribution in [3.63, 3.8) is 0 Å². The van der Waals surface area contributed by atoms with Crippen LogP contribution >= 0.6 is 0 Å². The summed E-state index contributed by atoms with van der Waals surface area (Å²) < 4.78 is 7.38. The van der Waals surface area contributed by atoms with Crippen molar-refractivity contribution in [2.24, 2.45) is 0 Å². The van der Waals surface area contributed by atoms with Crippen molar-refractivity contribution in [3.05, 3.63) is 48.0 Å². The van der Waals surface area contributed by atoms with Crippen LogP contribution in [-0.4, -0.2) is 21.3 Å². The third-order valence-corrected chi connectivity index (χ3v) is 3.00. The van der Waals surface area contributed by atoms with Crippen LogP contribution < -0.4 is 4.74 Å². The number of aryl methyl sites for hydroxylation is 1. The molecule has 0 aliphatic carbocycles. The Hall–Kier alpha value is -1.81. The molecule has 4 nitrogen and oxygen atoms in total. The molecule has 0 fully saturated rings. The molecule has 0 bridgehead atoms. The molecule has 19 heavy (non-hydrogen) atoms. The van der Waals surface area contributed by atoms with E-state index in [-0.39, 0.29) is 0 Å². The van der Waals surface area contributed by atoms with Crippen LogP contribution in [0.3, 0.4) is 0 Å². The van der Waals surface area contributed by atoms with Gasteiger partial charge in [0.2, 0.25) is 0 Å². The van der Waals surface area contributed by atoms with Gasteiger partial charge in [0.05, 0.1) is 24.8 Å². The Bertz CT molecular complexity index is 505. The number of aliphatic hydroxyl groups excluding tert-OH is 1. The molecule has 1 unspecified atom stereocenters. The highest BCUT2D eigenvalue weighted by Gasteiger charge is 2.14. The molecule has 0 radical (unpaired) electrons. The number of hydrogen-bond acceptors (Lipinski definition) is 3. The Balaban J connectivity index is 2.18. The van der Waals surface area contributed by atoms with Gasteiger partial charge in [0.1, 0.15) is 11.9 Å². The first-order chi connectivity index (χ1) is 9.26. The first-order valence-electron chi connectivity index (χ1n) is 6.67. The number of imidazole rings is 1. The average molecular weight is 260 g/mol. The number of benzene rings is 1. The minimum absolute atomic E-state index is 0.644. The Kier molecular flexibility index (Phi) is 4.58. The lowest BCUT2D eigenvalue weighted by Crippen LogP contribution is -2.08. The van der Waals surface area contributed by atoms with E-state index in [2.05, 4.69) is 11.9 Å². The van der Waals surface area contributed by atoms with Crippen molar-refractivity contribution in [1.29, 1.82) is 0 Å². The summed E-state index contributed by atoms with van der Waals surface area (Å²) in [6, 6.07) is 7.53. The highest BCUT2D eigenvalue weighted by Crippen LogP contribution is 2.24. The van der Waals surface area contributed by atoms with Crippen LogP contribution in [0.1, 0.15) is 37.6 Å². The van der Waals surface area contributed by atoms with Crippen LogP contribution in [0.4, 0.5) is 0 Å². The van der Waals surface area contributed by atoms with E-state index >= 15 is 0 Å². The van der Waals surface area contributed by atoms with Gasteiger partial charge in [0.15, 0.2) is 0 Å². The molecule has 0 amide bonds. The number of ether oxygens (including phenoxy) is 1. The summed E-state index contributed by atoms with van der Waals surface area (Å²) in [6.45, 7) is 5.56. The van der Waals surface area contributed by atoms with Gasteiger partial charge in [-0.05, 0) is 31.0 Å². The zero-order chi connectivity index (χ0) is 13.7. The Labute approximate surface area is 113 Å². The molecule has 1 aromatic carbocycles. The van der Waals surface area contributed by atoms with E-state index in [0.29, 0.717) is 6.61 Å². The van der Waals surface area contributed by atoms with Crippen molar-refractivity contribution in [2.45, 2.75) is 32.9 Å². The van der Waals surface area contributed by atoms with Gasteiger partial charge < -0.3 is 14.4 Å². The quantitative estimate of drug-likeness (QED) is 0.868. The summed E-state index contributed by atoms with van der Waals surface area (Å²) in [5, 5.41) is 10.4. The fourth-order valence-corrected chi connectivity index (χ4v) is 2.07. The van der Waals surface area contributed by atoms with Gasteiger partial charge in [-0.1, -0.05) is 19.1 Å².